The Morgan fingerprint density at radius 2 is 2.24 bits per heavy atom. The Bertz CT molecular complexity index is 994. The van der Waals surface area contributed by atoms with Gasteiger partial charge < -0.3 is 4.52 Å². The van der Waals surface area contributed by atoms with Gasteiger partial charge in [0.25, 0.3) is 5.89 Å². The number of rotatable bonds is 5. The first-order chi connectivity index (χ1) is 12.2. The molecule has 5 nitrogen and oxygen atoms in total. The molecule has 1 aromatic carbocycles. The maximum absolute atomic E-state index is 6.24. The van der Waals surface area contributed by atoms with Crippen LogP contribution in [0.4, 0.5) is 0 Å². The maximum Gasteiger partial charge on any atom is 0.258 e. The lowest BCUT2D eigenvalue weighted by atomic mass is 10.2. The molecule has 3 aromatic heterocycles. The second-order valence-corrected chi connectivity index (χ2v) is 7.41. The van der Waals surface area contributed by atoms with Crippen molar-refractivity contribution in [2.24, 2.45) is 0 Å². The smallest absolute Gasteiger partial charge is 0.258 e. The Morgan fingerprint density at radius 1 is 1.32 bits per heavy atom. The van der Waals surface area contributed by atoms with Crippen LogP contribution < -0.4 is 0 Å². The predicted octanol–water partition coefficient (Wildman–Crippen LogP) is 5.24. The first kappa shape index (κ1) is 16.4. The average Bonchev–Trinajstić information content (AvgIpc) is 3.36. The number of thiophene rings is 1. The molecule has 0 saturated carbocycles. The minimum absolute atomic E-state index is 0.547. The SMILES string of the molecule is Cc1c(Cl)cccc1-n1ccnc1SCc1noc(-c2ccsc2)n1. The predicted molar refractivity (Wildman–Crippen MR) is 100 cm³/mol. The van der Waals surface area contributed by atoms with E-state index in [0.29, 0.717) is 17.5 Å². The van der Waals surface area contributed by atoms with Gasteiger partial charge in [-0.1, -0.05) is 34.6 Å². The van der Waals surface area contributed by atoms with Crippen molar-refractivity contribution >= 4 is 34.7 Å². The van der Waals surface area contributed by atoms with Crippen LogP contribution in [-0.4, -0.2) is 19.7 Å². The molecule has 0 N–H and O–H groups in total. The van der Waals surface area contributed by atoms with Crippen LogP contribution in [0.2, 0.25) is 5.02 Å². The van der Waals surface area contributed by atoms with E-state index in [1.165, 1.54) is 0 Å². The molecule has 0 fully saturated rings. The van der Waals surface area contributed by atoms with Crippen LogP contribution in [-0.2, 0) is 5.75 Å². The molecule has 0 aliphatic carbocycles. The summed E-state index contributed by atoms with van der Waals surface area (Å²) in [5.41, 5.74) is 2.98. The number of hydrogen-bond acceptors (Lipinski definition) is 6. The number of aromatic nitrogens is 4. The van der Waals surface area contributed by atoms with Crippen molar-refractivity contribution < 1.29 is 4.52 Å². The Hall–Kier alpha value is -2.09. The molecule has 25 heavy (non-hydrogen) atoms. The van der Waals surface area contributed by atoms with E-state index < -0.39 is 0 Å². The second-order valence-electron chi connectivity index (χ2n) is 5.28. The van der Waals surface area contributed by atoms with E-state index in [4.69, 9.17) is 16.1 Å². The van der Waals surface area contributed by atoms with E-state index in [1.54, 1.807) is 29.3 Å². The first-order valence-electron chi connectivity index (χ1n) is 7.49. The molecule has 0 radical (unpaired) electrons. The van der Waals surface area contributed by atoms with Gasteiger partial charge in [-0.25, -0.2) is 4.98 Å². The molecule has 0 aliphatic heterocycles. The largest absolute Gasteiger partial charge is 0.334 e. The van der Waals surface area contributed by atoms with Crippen LogP contribution in [0.15, 0.2) is 57.1 Å². The topological polar surface area (TPSA) is 56.7 Å². The van der Waals surface area contributed by atoms with Gasteiger partial charge in [0.1, 0.15) is 0 Å². The lowest BCUT2D eigenvalue weighted by Crippen LogP contribution is -1.98. The summed E-state index contributed by atoms with van der Waals surface area (Å²) in [6.45, 7) is 2.00. The van der Waals surface area contributed by atoms with Gasteiger partial charge in [0.15, 0.2) is 11.0 Å². The van der Waals surface area contributed by atoms with Gasteiger partial charge in [0, 0.05) is 22.8 Å². The highest BCUT2D eigenvalue weighted by molar-refractivity contribution is 7.98. The fraction of sp³-hybridized carbons (Fsp3) is 0.118. The number of benzene rings is 1. The van der Waals surface area contributed by atoms with Crippen LogP contribution in [0.3, 0.4) is 0 Å². The molecular weight excluding hydrogens is 376 g/mol. The van der Waals surface area contributed by atoms with E-state index in [0.717, 1.165) is 27.0 Å². The molecular formula is C17H13ClN4OS2. The summed E-state index contributed by atoms with van der Waals surface area (Å²) in [5.74, 6) is 1.76. The monoisotopic (exact) mass is 388 g/mol. The van der Waals surface area contributed by atoms with Gasteiger partial charge in [-0.05, 0) is 36.1 Å². The lowest BCUT2D eigenvalue weighted by Gasteiger charge is -2.10. The van der Waals surface area contributed by atoms with Crippen molar-refractivity contribution in [3.05, 3.63) is 63.8 Å². The number of thioether (sulfide) groups is 1. The van der Waals surface area contributed by atoms with Crippen LogP contribution in [0.5, 0.6) is 0 Å². The van der Waals surface area contributed by atoms with Crippen LogP contribution in [0, 0.1) is 6.92 Å². The van der Waals surface area contributed by atoms with E-state index in [1.807, 2.05) is 52.7 Å². The van der Waals surface area contributed by atoms with E-state index in [2.05, 4.69) is 15.1 Å². The molecule has 0 aliphatic rings. The van der Waals surface area contributed by atoms with E-state index in [9.17, 15) is 0 Å². The zero-order chi connectivity index (χ0) is 17.2. The molecule has 4 rings (SSSR count). The maximum atomic E-state index is 6.24. The summed E-state index contributed by atoms with van der Waals surface area (Å²) >= 11 is 9.39. The van der Waals surface area contributed by atoms with E-state index in [-0.39, 0.29) is 0 Å². The fourth-order valence-corrected chi connectivity index (χ4v) is 3.99. The lowest BCUT2D eigenvalue weighted by molar-refractivity contribution is 0.425. The van der Waals surface area contributed by atoms with Gasteiger partial charge in [-0.15, -0.1) is 0 Å². The summed E-state index contributed by atoms with van der Waals surface area (Å²) in [4.78, 5) is 8.87. The zero-order valence-electron chi connectivity index (χ0n) is 13.2. The number of halogens is 1. The van der Waals surface area contributed by atoms with Crippen molar-refractivity contribution in [3.63, 3.8) is 0 Å². The van der Waals surface area contributed by atoms with Crippen molar-refractivity contribution in [1.82, 2.24) is 19.7 Å². The molecule has 3 heterocycles. The third kappa shape index (κ3) is 3.35. The summed E-state index contributed by atoms with van der Waals surface area (Å²) < 4.78 is 7.34. The minimum Gasteiger partial charge on any atom is -0.334 e. The number of imidazole rings is 1. The Balaban J connectivity index is 1.53. The Morgan fingerprint density at radius 3 is 3.08 bits per heavy atom. The summed E-state index contributed by atoms with van der Waals surface area (Å²) in [7, 11) is 0. The number of hydrogen-bond donors (Lipinski definition) is 0. The van der Waals surface area contributed by atoms with E-state index >= 15 is 0 Å². The average molecular weight is 389 g/mol. The molecule has 126 valence electrons. The highest BCUT2D eigenvalue weighted by atomic mass is 35.5. The quantitative estimate of drug-likeness (QED) is 0.437. The van der Waals surface area contributed by atoms with Gasteiger partial charge in [0.05, 0.1) is 17.0 Å². The zero-order valence-corrected chi connectivity index (χ0v) is 15.6. The highest BCUT2D eigenvalue weighted by Gasteiger charge is 2.13. The minimum atomic E-state index is 0.547. The van der Waals surface area contributed by atoms with Gasteiger partial charge in [-0.2, -0.15) is 16.3 Å². The normalized spacial score (nSPS) is 11.1. The second kappa shape index (κ2) is 7.03. The van der Waals surface area contributed by atoms with Crippen molar-refractivity contribution in [3.8, 4) is 17.1 Å². The third-order valence-corrected chi connectivity index (χ3v) is 5.73. The Labute approximate surface area is 157 Å². The standard InChI is InChI=1S/C17H13ClN4OS2/c1-11-13(18)3-2-4-14(11)22-7-6-19-17(22)25-10-15-20-16(23-21-15)12-5-8-24-9-12/h2-9H,10H2,1H3. The van der Waals surface area contributed by atoms with Crippen molar-refractivity contribution in [2.45, 2.75) is 17.8 Å². The molecule has 0 unspecified atom stereocenters. The molecule has 8 heteroatoms. The van der Waals surface area contributed by atoms with Crippen LogP contribution >= 0.6 is 34.7 Å². The Kier molecular flexibility index (Phi) is 4.61. The number of nitrogens with zero attached hydrogens (tertiary/aromatic N) is 4. The summed E-state index contributed by atoms with van der Waals surface area (Å²) in [6.07, 6.45) is 3.70. The molecule has 0 saturated heterocycles. The van der Waals surface area contributed by atoms with Crippen molar-refractivity contribution in [1.29, 1.82) is 0 Å². The molecule has 4 aromatic rings. The molecule has 0 atom stereocenters. The summed E-state index contributed by atoms with van der Waals surface area (Å²) in [6, 6.07) is 7.81. The van der Waals surface area contributed by atoms with Crippen LogP contribution in [0.1, 0.15) is 11.4 Å². The molecule has 0 amide bonds. The highest BCUT2D eigenvalue weighted by Crippen LogP contribution is 2.28. The summed E-state index contributed by atoms with van der Waals surface area (Å²) in [5, 5.41) is 9.61. The van der Waals surface area contributed by atoms with Gasteiger partial charge in [-0.3, -0.25) is 4.57 Å². The molecule has 0 spiro atoms. The van der Waals surface area contributed by atoms with Crippen molar-refractivity contribution in [2.75, 3.05) is 0 Å². The van der Waals surface area contributed by atoms with Crippen LogP contribution in [0.25, 0.3) is 17.1 Å². The van der Waals surface area contributed by atoms with Gasteiger partial charge >= 0.3 is 0 Å². The third-order valence-electron chi connectivity index (χ3n) is 3.67. The molecule has 0 bridgehead atoms. The first-order valence-corrected chi connectivity index (χ1v) is 9.80. The van der Waals surface area contributed by atoms with Gasteiger partial charge in [0.2, 0.25) is 0 Å². The fourth-order valence-electron chi connectivity index (χ4n) is 2.38.